The fourth-order valence-corrected chi connectivity index (χ4v) is 2.76. The Balaban J connectivity index is 0.00000288. The number of methoxy groups -OCH3 is 2. The molecule has 1 aliphatic heterocycles. The molecule has 0 aliphatic carbocycles. The summed E-state index contributed by atoms with van der Waals surface area (Å²) in [6.07, 6.45) is 2.03. The van der Waals surface area contributed by atoms with E-state index in [1.54, 1.807) is 14.2 Å². The Morgan fingerprint density at radius 3 is 2.54 bits per heavy atom. The molecule has 0 fully saturated rings. The summed E-state index contributed by atoms with van der Waals surface area (Å²) in [6.45, 7) is 6.57. The average molecular weight is 448 g/mol. The van der Waals surface area contributed by atoms with Gasteiger partial charge in [-0.25, -0.2) is 0 Å². The van der Waals surface area contributed by atoms with Crippen LogP contribution in [-0.2, 0) is 13.0 Å². The minimum absolute atomic E-state index is 0. The first-order chi connectivity index (χ1) is 11.2. The molecule has 0 saturated carbocycles. The van der Waals surface area contributed by atoms with Gasteiger partial charge in [0.2, 0.25) is 0 Å². The Kier molecular flexibility index (Phi) is 9.20. The number of nitrogens with two attached hydrogens (primary N) is 1. The zero-order valence-electron chi connectivity index (χ0n) is 14.8. The number of fused-ring (bicyclic) bond motifs is 1. The van der Waals surface area contributed by atoms with Crippen LogP contribution in [0.5, 0.6) is 11.5 Å². The zero-order chi connectivity index (χ0) is 16.7. The lowest BCUT2D eigenvalue weighted by molar-refractivity contribution is 0.256. The number of benzene rings is 1. The molecule has 1 aromatic carbocycles. The van der Waals surface area contributed by atoms with Gasteiger partial charge in [-0.1, -0.05) is 6.92 Å². The summed E-state index contributed by atoms with van der Waals surface area (Å²) in [4.78, 5) is 6.65. The second kappa shape index (κ2) is 10.6. The topological polar surface area (TPSA) is 72.1 Å². The smallest absolute Gasteiger partial charge is 0.188 e. The van der Waals surface area contributed by atoms with Crippen LogP contribution < -0.4 is 20.5 Å². The Labute approximate surface area is 161 Å². The first-order valence-electron chi connectivity index (χ1n) is 8.17. The summed E-state index contributed by atoms with van der Waals surface area (Å²) < 4.78 is 10.8. The van der Waals surface area contributed by atoms with Gasteiger partial charge in [-0.05, 0) is 36.1 Å². The van der Waals surface area contributed by atoms with Gasteiger partial charge >= 0.3 is 0 Å². The van der Waals surface area contributed by atoms with Crippen molar-refractivity contribution >= 4 is 29.9 Å². The SMILES string of the molecule is CCCN=C(N)NCCN1CCc2cc(OC)c(OC)cc2C1.I. The van der Waals surface area contributed by atoms with Gasteiger partial charge in [-0.2, -0.15) is 0 Å². The molecule has 0 radical (unpaired) electrons. The van der Waals surface area contributed by atoms with E-state index < -0.39 is 0 Å². The van der Waals surface area contributed by atoms with E-state index in [9.17, 15) is 0 Å². The lowest BCUT2D eigenvalue weighted by Gasteiger charge is -2.29. The molecule has 3 N–H and O–H groups in total. The Hall–Kier alpha value is -1.22. The molecule has 1 aliphatic rings. The van der Waals surface area contributed by atoms with Crippen molar-refractivity contribution in [1.82, 2.24) is 10.2 Å². The summed E-state index contributed by atoms with van der Waals surface area (Å²) in [5, 5.41) is 3.17. The summed E-state index contributed by atoms with van der Waals surface area (Å²) in [6, 6.07) is 4.18. The van der Waals surface area contributed by atoms with Crippen molar-refractivity contribution in [2.45, 2.75) is 26.3 Å². The lowest BCUT2D eigenvalue weighted by atomic mass is 9.99. The fraction of sp³-hybridized carbons (Fsp3) is 0.588. The van der Waals surface area contributed by atoms with E-state index in [1.807, 2.05) is 0 Å². The van der Waals surface area contributed by atoms with Gasteiger partial charge in [0.25, 0.3) is 0 Å². The number of ether oxygens (including phenoxy) is 2. The van der Waals surface area contributed by atoms with Gasteiger partial charge in [-0.3, -0.25) is 9.89 Å². The van der Waals surface area contributed by atoms with Crippen molar-refractivity contribution in [2.24, 2.45) is 10.7 Å². The monoisotopic (exact) mass is 448 g/mol. The van der Waals surface area contributed by atoms with E-state index >= 15 is 0 Å². The lowest BCUT2D eigenvalue weighted by Crippen LogP contribution is -2.40. The molecule has 0 aromatic heterocycles. The standard InChI is InChI=1S/C17H28N4O2.HI/c1-4-6-19-17(18)20-7-9-21-8-5-13-10-15(22-2)16(23-3)11-14(13)12-21;/h10-11H,4-9,12H2,1-3H3,(H3,18,19,20);1H. The molecule has 24 heavy (non-hydrogen) atoms. The predicted octanol–water partition coefficient (Wildman–Crippen LogP) is 1.99. The van der Waals surface area contributed by atoms with Crippen molar-refractivity contribution in [3.8, 4) is 11.5 Å². The average Bonchev–Trinajstić information content (AvgIpc) is 2.58. The number of nitrogens with one attached hydrogen (secondary N) is 1. The molecular weight excluding hydrogens is 419 g/mol. The Bertz CT molecular complexity index is 552. The minimum Gasteiger partial charge on any atom is -0.493 e. The summed E-state index contributed by atoms with van der Waals surface area (Å²) in [5.41, 5.74) is 8.46. The van der Waals surface area contributed by atoms with Crippen molar-refractivity contribution in [3.05, 3.63) is 23.3 Å². The Morgan fingerprint density at radius 1 is 1.25 bits per heavy atom. The molecule has 0 bridgehead atoms. The van der Waals surface area contributed by atoms with Crippen molar-refractivity contribution in [1.29, 1.82) is 0 Å². The van der Waals surface area contributed by atoms with Crippen LogP contribution in [0.1, 0.15) is 24.5 Å². The van der Waals surface area contributed by atoms with E-state index in [4.69, 9.17) is 15.2 Å². The molecule has 0 atom stereocenters. The van der Waals surface area contributed by atoms with E-state index in [1.165, 1.54) is 11.1 Å². The number of rotatable bonds is 7. The third-order valence-corrected chi connectivity index (χ3v) is 4.04. The fourth-order valence-electron chi connectivity index (χ4n) is 2.76. The quantitative estimate of drug-likeness (QED) is 0.379. The van der Waals surface area contributed by atoms with E-state index in [0.717, 1.165) is 57.1 Å². The number of aliphatic imine (C=N–C) groups is 1. The normalized spacial score (nSPS) is 14.5. The second-order valence-corrected chi connectivity index (χ2v) is 5.70. The zero-order valence-corrected chi connectivity index (χ0v) is 17.1. The molecular formula is C17H29IN4O2. The molecule has 0 amide bonds. The van der Waals surface area contributed by atoms with Gasteiger partial charge in [0.05, 0.1) is 14.2 Å². The van der Waals surface area contributed by atoms with Gasteiger partial charge < -0.3 is 20.5 Å². The maximum Gasteiger partial charge on any atom is 0.188 e. The second-order valence-electron chi connectivity index (χ2n) is 5.70. The molecule has 136 valence electrons. The summed E-state index contributed by atoms with van der Waals surface area (Å²) in [5.74, 6) is 2.14. The maximum absolute atomic E-state index is 5.81. The van der Waals surface area contributed by atoms with Crippen LogP contribution in [0.4, 0.5) is 0 Å². The molecule has 0 unspecified atom stereocenters. The highest BCUT2D eigenvalue weighted by Crippen LogP contribution is 2.33. The van der Waals surface area contributed by atoms with Crippen LogP contribution in [0.3, 0.4) is 0 Å². The van der Waals surface area contributed by atoms with Crippen LogP contribution in [-0.4, -0.2) is 51.3 Å². The number of hydrogen-bond donors (Lipinski definition) is 2. The first kappa shape index (κ1) is 20.8. The molecule has 1 aromatic rings. The maximum atomic E-state index is 5.81. The number of halogens is 1. The molecule has 1 heterocycles. The minimum atomic E-state index is 0. The van der Waals surface area contributed by atoms with Crippen LogP contribution in [0.15, 0.2) is 17.1 Å². The number of nitrogens with zero attached hydrogens (tertiary/aromatic N) is 2. The Morgan fingerprint density at radius 2 is 1.92 bits per heavy atom. The van der Waals surface area contributed by atoms with Crippen LogP contribution in [0.2, 0.25) is 0 Å². The number of guanidine groups is 1. The van der Waals surface area contributed by atoms with E-state index in [2.05, 4.69) is 34.3 Å². The van der Waals surface area contributed by atoms with Crippen LogP contribution >= 0.6 is 24.0 Å². The van der Waals surface area contributed by atoms with Crippen molar-refractivity contribution in [3.63, 3.8) is 0 Å². The van der Waals surface area contributed by atoms with Crippen LogP contribution in [0.25, 0.3) is 0 Å². The van der Waals surface area contributed by atoms with Gasteiger partial charge in [-0.15, -0.1) is 24.0 Å². The first-order valence-corrected chi connectivity index (χ1v) is 8.17. The summed E-state index contributed by atoms with van der Waals surface area (Å²) in [7, 11) is 3.35. The largest absolute Gasteiger partial charge is 0.493 e. The molecule has 2 rings (SSSR count). The van der Waals surface area contributed by atoms with Crippen molar-refractivity contribution < 1.29 is 9.47 Å². The van der Waals surface area contributed by atoms with Crippen LogP contribution in [0, 0.1) is 0 Å². The predicted molar refractivity (Wildman–Crippen MR) is 109 cm³/mol. The van der Waals surface area contributed by atoms with Gasteiger partial charge in [0, 0.05) is 32.7 Å². The molecule has 6 nitrogen and oxygen atoms in total. The highest BCUT2D eigenvalue weighted by Gasteiger charge is 2.19. The molecule has 0 saturated heterocycles. The third kappa shape index (κ3) is 5.70. The van der Waals surface area contributed by atoms with Gasteiger partial charge in [0.15, 0.2) is 17.5 Å². The summed E-state index contributed by atoms with van der Waals surface area (Å²) >= 11 is 0. The van der Waals surface area contributed by atoms with Gasteiger partial charge in [0.1, 0.15) is 0 Å². The van der Waals surface area contributed by atoms with E-state index in [0.29, 0.717) is 5.96 Å². The third-order valence-electron chi connectivity index (χ3n) is 4.04. The highest BCUT2D eigenvalue weighted by molar-refractivity contribution is 14.0. The number of hydrogen-bond acceptors (Lipinski definition) is 4. The van der Waals surface area contributed by atoms with Crippen molar-refractivity contribution in [2.75, 3.05) is 40.4 Å². The molecule has 0 spiro atoms. The van der Waals surface area contributed by atoms with E-state index in [-0.39, 0.29) is 24.0 Å². The highest BCUT2D eigenvalue weighted by atomic mass is 127. The molecule has 7 heteroatoms.